The topological polar surface area (TPSA) is 12.4 Å². The predicted octanol–water partition coefficient (Wildman–Crippen LogP) is 4.89. The van der Waals surface area contributed by atoms with Crippen molar-refractivity contribution in [1.29, 1.82) is 0 Å². The van der Waals surface area contributed by atoms with E-state index >= 15 is 0 Å². The van der Waals surface area contributed by atoms with E-state index < -0.39 is 0 Å². The van der Waals surface area contributed by atoms with Crippen LogP contribution < -0.4 is 0 Å². The molecule has 2 rings (SSSR count). The predicted molar refractivity (Wildman–Crippen MR) is 82.7 cm³/mol. The average molecular weight is 251 g/mol. The van der Waals surface area contributed by atoms with Crippen LogP contribution in [-0.4, -0.2) is 6.21 Å². The van der Waals surface area contributed by atoms with Crippen molar-refractivity contribution in [3.8, 4) is 0 Å². The second-order valence-electron chi connectivity index (χ2n) is 5.87. The Morgan fingerprint density at radius 3 is 1.58 bits per heavy atom. The van der Waals surface area contributed by atoms with Crippen LogP contribution in [0.4, 0.5) is 0 Å². The summed E-state index contributed by atoms with van der Waals surface area (Å²) in [5.41, 5.74) is 2.56. The Morgan fingerprint density at radius 1 is 0.789 bits per heavy atom. The van der Waals surface area contributed by atoms with Gasteiger partial charge >= 0.3 is 0 Å². The van der Waals surface area contributed by atoms with Crippen LogP contribution in [0.2, 0.25) is 0 Å². The standard InChI is InChI=1S/C18H21N/c1-18(2,3)14-19-17(15-10-6-4-7-11-15)16-12-8-5-9-13-16/h4-14,17H,1-3H3/b19-14+. The van der Waals surface area contributed by atoms with Gasteiger partial charge in [0.25, 0.3) is 0 Å². The highest BCUT2D eigenvalue weighted by Crippen LogP contribution is 2.26. The number of hydrogen-bond donors (Lipinski definition) is 0. The fourth-order valence-corrected chi connectivity index (χ4v) is 1.93. The van der Waals surface area contributed by atoms with E-state index in [1.165, 1.54) is 11.1 Å². The molecule has 0 radical (unpaired) electrons. The molecule has 0 amide bonds. The summed E-state index contributed by atoms with van der Waals surface area (Å²) in [5, 5.41) is 0. The second kappa shape index (κ2) is 5.83. The lowest BCUT2D eigenvalue weighted by atomic mass is 9.96. The van der Waals surface area contributed by atoms with E-state index in [4.69, 9.17) is 4.99 Å². The normalized spacial score (nSPS) is 12.2. The molecule has 2 aromatic rings. The van der Waals surface area contributed by atoms with E-state index in [0.717, 1.165) is 0 Å². The lowest BCUT2D eigenvalue weighted by Crippen LogP contribution is -2.08. The molecule has 0 fully saturated rings. The van der Waals surface area contributed by atoms with Crippen molar-refractivity contribution in [3.63, 3.8) is 0 Å². The molecule has 0 saturated heterocycles. The quantitative estimate of drug-likeness (QED) is 0.688. The second-order valence-corrected chi connectivity index (χ2v) is 5.87. The van der Waals surface area contributed by atoms with Crippen molar-refractivity contribution < 1.29 is 0 Å². The van der Waals surface area contributed by atoms with Crippen LogP contribution in [0.5, 0.6) is 0 Å². The molecule has 0 atom stereocenters. The number of benzene rings is 2. The van der Waals surface area contributed by atoms with E-state index in [1.807, 2.05) is 12.1 Å². The van der Waals surface area contributed by atoms with Crippen LogP contribution in [0.3, 0.4) is 0 Å². The van der Waals surface area contributed by atoms with Crippen LogP contribution in [0.25, 0.3) is 0 Å². The zero-order valence-electron chi connectivity index (χ0n) is 11.9. The van der Waals surface area contributed by atoms with Gasteiger partial charge in [0.1, 0.15) is 0 Å². The van der Waals surface area contributed by atoms with E-state index in [9.17, 15) is 0 Å². The van der Waals surface area contributed by atoms with Crippen LogP contribution >= 0.6 is 0 Å². The smallest absolute Gasteiger partial charge is 0.0995 e. The van der Waals surface area contributed by atoms with Crippen molar-refractivity contribution in [2.75, 3.05) is 0 Å². The summed E-state index contributed by atoms with van der Waals surface area (Å²) in [4.78, 5) is 4.81. The zero-order chi connectivity index (χ0) is 13.7. The molecule has 0 unspecified atom stereocenters. The molecule has 19 heavy (non-hydrogen) atoms. The Morgan fingerprint density at radius 2 is 1.21 bits per heavy atom. The summed E-state index contributed by atoms with van der Waals surface area (Å²) in [7, 11) is 0. The molecule has 0 aliphatic carbocycles. The maximum Gasteiger partial charge on any atom is 0.0995 e. The molecule has 2 aromatic carbocycles. The molecule has 98 valence electrons. The van der Waals surface area contributed by atoms with Gasteiger partial charge in [0.15, 0.2) is 0 Å². The molecule has 0 spiro atoms. The minimum atomic E-state index is 0.0848. The van der Waals surface area contributed by atoms with E-state index in [2.05, 4.69) is 75.5 Å². The lowest BCUT2D eigenvalue weighted by molar-refractivity contribution is 0.601. The van der Waals surface area contributed by atoms with Crippen molar-refractivity contribution in [2.45, 2.75) is 26.8 Å². The molecule has 0 saturated carbocycles. The van der Waals surface area contributed by atoms with Gasteiger partial charge in [-0.15, -0.1) is 0 Å². The Kier molecular flexibility index (Phi) is 4.16. The third kappa shape index (κ3) is 4.06. The summed E-state index contributed by atoms with van der Waals surface area (Å²) >= 11 is 0. The van der Waals surface area contributed by atoms with Crippen LogP contribution in [0.15, 0.2) is 65.7 Å². The molecule has 1 heteroatoms. The van der Waals surface area contributed by atoms with Crippen LogP contribution in [0.1, 0.15) is 37.9 Å². The molecule has 0 heterocycles. The Balaban J connectivity index is 2.38. The van der Waals surface area contributed by atoms with Gasteiger partial charge < -0.3 is 0 Å². The lowest BCUT2D eigenvalue weighted by Gasteiger charge is -2.17. The number of nitrogens with zero attached hydrogens (tertiary/aromatic N) is 1. The highest BCUT2D eigenvalue weighted by Gasteiger charge is 2.13. The fraction of sp³-hybridized carbons (Fsp3) is 0.278. The van der Waals surface area contributed by atoms with Gasteiger partial charge in [-0.05, 0) is 16.5 Å². The Bertz CT molecular complexity index is 481. The molecule has 0 N–H and O–H groups in total. The van der Waals surface area contributed by atoms with Gasteiger partial charge in [-0.3, -0.25) is 4.99 Å². The van der Waals surface area contributed by atoms with Gasteiger partial charge in [-0.25, -0.2) is 0 Å². The molecular formula is C18H21N. The van der Waals surface area contributed by atoms with Crippen molar-refractivity contribution in [1.82, 2.24) is 0 Å². The third-order valence-electron chi connectivity index (χ3n) is 2.84. The zero-order valence-corrected chi connectivity index (χ0v) is 11.9. The molecule has 0 aromatic heterocycles. The molecule has 1 nitrogen and oxygen atoms in total. The summed E-state index contributed by atoms with van der Waals surface area (Å²) in [6.07, 6.45) is 2.05. The average Bonchev–Trinajstić information content (AvgIpc) is 2.40. The number of aliphatic imine (C=N–C) groups is 1. The summed E-state index contributed by atoms with van der Waals surface area (Å²) in [6, 6.07) is 21.0. The van der Waals surface area contributed by atoms with Crippen LogP contribution in [0, 0.1) is 5.41 Å². The molecule has 0 aliphatic rings. The first kappa shape index (κ1) is 13.5. The Labute approximate surface area is 116 Å². The van der Waals surface area contributed by atoms with E-state index in [1.54, 1.807) is 0 Å². The minimum Gasteiger partial charge on any atom is -0.284 e. The van der Waals surface area contributed by atoms with Gasteiger partial charge in [0, 0.05) is 6.21 Å². The van der Waals surface area contributed by atoms with Gasteiger partial charge in [-0.2, -0.15) is 0 Å². The first-order valence-electron chi connectivity index (χ1n) is 6.70. The van der Waals surface area contributed by atoms with Gasteiger partial charge in [-0.1, -0.05) is 81.4 Å². The van der Waals surface area contributed by atoms with E-state index in [0.29, 0.717) is 0 Å². The highest BCUT2D eigenvalue weighted by molar-refractivity contribution is 5.65. The molecule has 0 bridgehead atoms. The highest BCUT2D eigenvalue weighted by atomic mass is 14.8. The van der Waals surface area contributed by atoms with Gasteiger partial charge in [0.05, 0.1) is 6.04 Å². The first-order chi connectivity index (χ1) is 9.06. The fourth-order valence-electron chi connectivity index (χ4n) is 1.93. The third-order valence-corrected chi connectivity index (χ3v) is 2.84. The largest absolute Gasteiger partial charge is 0.284 e. The molecule has 0 aliphatic heterocycles. The molecular weight excluding hydrogens is 230 g/mol. The Hall–Kier alpha value is -1.89. The SMILES string of the molecule is CC(C)(C)/C=N/C(c1ccccc1)c1ccccc1. The summed E-state index contributed by atoms with van der Waals surface area (Å²) in [6.45, 7) is 6.51. The maximum absolute atomic E-state index is 4.81. The summed E-state index contributed by atoms with van der Waals surface area (Å²) < 4.78 is 0. The van der Waals surface area contributed by atoms with E-state index in [-0.39, 0.29) is 11.5 Å². The number of hydrogen-bond acceptors (Lipinski definition) is 1. The minimum absolute atomic E-state index is 0.0848. The van der Waals surface area contributed by atoms with Crippen molar-refractivity contribution >= 4 is 6.21 Å². The summed E-state index contributed by atoms with van der Waals surface area (Å²) in [5.74, 6) is 0. The first-order valence-corrected chi connectivity index (χ1v) is 6.70. The van der Waals surface area contributed by atoms with Crippen molar-refractivity contribution in [3.05, 3.63) is 71.8 Å². The van der Waals surface area contributed by atoms with Gasteiger partial charge in [0.2, 0.25) is 0 Å². The maximum atomic E-state index is 4.81. The number of rotatable bonds is 3. The van der Waals surface area contributed by atoms with Crippen LogP contribution in [-0.2, 0) is 0 Å². The van der Waals surface area contributed by atoms with Crippen molar-refractivity contribution in [2.24, 2.45) is 10.4 Å². The monoisotopic (exact) mass is 251 g/mol.